The van der Waals surface area contributed by atoms with E-state index < -0.39 is 24.2 Å². The SMILES string of the molecule is COc1cccc(/C=C/C(=O)OCC(=O)c2ccc(NC(C)=O)cc2F)c1OC. The first kappa shape index (κ1) is 21.6. The number of halogens is 1. The van der Waals surface area contributed by atoms with E-state index in [2.05, 4.69) is 5.32 Å². The number of Topliss-reactive ketones (excluding diaryl/α,β-unsaturated/α-hetero) is 1. The monoisotopic (exact) mass is 401 g/mol. The molecule has 2 aromatic carbocycles. The summed E-state index contributed by atoms with van der Waals surface area (Å²) < 4.78 is 29.3. The summed E-state index contributed by atoms with van der Waals surface area (Å²) in [5, 5.41) is 2.41. The van der Waals surface area contributed by atoms with Gasteiger partial charge in [-0.1, -0.05) is 12.1 Å². The standard InChI is InChI=1S/C21H20FNO6/c1-13(24)23-15-8-9-16(17(22)11-15)18(25)12-29-20(26)10-7-14-5-4-6-19(27-2)21(14)28-3/h4-11H,12H2,1-3H3,(H,23,24)/b10-7+. The minimum Gasteiger partial charge on any atom is -0.493 e. The summed E-state index contributed by atoms with van der Waals surface area (Å²) in [6.07, 6.45) is 2.58. The summed E-state index contributed by atoms with van der Waals surface area (Å²) in [5.74, 6) is -1.74. The van der Waals surface area contributed by atoms with Crippen molar-refractivity contribution < 1.29 is 33.0 Å². The number of amides is 1. The van der Waals surface area contributed by atoms with Gasteiger partial charge >= 0.3 is 5.97 Å². The van der Waals surface area contributed by atoms with Crippen molar-refractivity contribution in [3.05, 3.63) is 59.4 Å². The lowest BCUT2D eigenvalue weighted by molar-refractivity contribution is -0.136. The lowest BCUT2D eigenvalue weighted by Crippen LogP contribution is -2.14. The summed E-state index contributed by atoms with van der Waals surface area (Å²) in [4.78, 5) is 35.0. The largest absolute Gasteiger partial charge is 0.493 e. The molecule has 0 unspecified atom stereocenters. The number of hydrogen-bond donors (Lipinski definition) is 1. The summed E-state index contributed by atoms with van der Waals surface area (Å²) in [5.41, 5.74) is 0.554. The average Bonchev–Trinajstić information content (AvgIpc) is 2.69. The number of ether oxygens (including phenoxy) is 3. The van der Waals surface area contributed by atoms with Crippen LogP contribution in [0.5, 0.6) is 11.5 Å². The van der Waals surface area contributed by atoms with Gasteiger partial charge in [0.25, 0.3) is 0 Å². The van der Waals surface area contributed by atoms with E-state index in [-0.39, 0.29) is 17.2 Å². The molecular formula is C21H20FNO6. The van der Waals surface area contributed by atoms with Gasteiger partial charge in [-0.2, -0.15) is 0 Å². The normalized spacial score (nSPS) is 10.5. The average molecular weight is 401 g/mol. The number of benzene rings is 2. The maximum absolute atomic E-state index is 14.0. The smallest absolute Gasteiger partial charge is 0.331 e. The van der Waals surface area contributed by atoms with Crippen LogP contribution in [0.15, 0.2) is 42.5 Å². The molecule has 152 valence electrons. The van der Waals surface area contributed by atoms with E-state index in [0.29, 0.717) is 17.1 Å². The van der Waals surface area contributed by atoms with Crippen LogP contribution in [0, 0.1) is 5.82 Å². The fourth-order valence-corrected chi connectivity index (χ4v) is 2.49. The molecule has 0 saturated heterocycles. The van der Waals surface area contributed by atoms with Gasteiger partial charge in [0.2, 0.25) is 11.7 Å². The molecule has 0 bridgehead atoms. The summed E-state index contributed by atoms with van der Waals surface area (Å²) in [6.45, 7) is 0.653. The van der Waals surface area contributed by atoms with E-state index in [9.17, 15) is 18.8 Å². The first-order valence-corrected chi connectivity index (χ1v) is 8.52. The molecule has 2 aromatic rings. The molecule has 1 amide bonds. The first-order valence-electron chi connectivity index (χ1n) is 8.52. The number of rotatable bonds is 8. The van der Waals surface area contributed by atoms with Crippen molar-refractivity contribution in [2.24, 2.45) is 0 Å². The summed E-state index contributed by atoms with van der Waals surface area (Å²) in [6, 6.07) is 8.76. The topological polar surface area (TPSA) is 90.9 Å². The van der Waals surface area contributed by atoms with Gasteiger partial charge in [-0.3, -0.25) is 9.59 Å². The van der Waals surface area contributed by atoms with Gasteiger partial charge < -0.3 is 19.5 Å². The van der Waals surface area contributed by atoms with Crippen molar-refractivity contribution in [2.75, 3.05) is 26.1 Å². The predicted molar refractivity (Wildman–Crippen MR) is 105 cm³/mol. The van der Waals surface area contributed by atoms with E-state index in [1.54, 1.807) is 18.2 Å². The molecule has 8 heteroatoms. The van der Waals surface area contributed by atoms with E-state index in [1.807, 2.05) is 0 Å². The second-order valence-electron chi connectivity index (χ2n) is 5.82. The van der Waals surface area contributed by atoms with Crippen molar-refractivity contribution in [3.8, 4) is 11.5 Å². The Morgan fingerprint density at radius 2 is 1.86 bits per heavy atom. The Morgan fingerprint density at radius 1 is 1.10 bits per heavy atom. The highest BCUT2D eigenvalue weighted by atomic mass is 19.1. The molecule has 0 fully saturated rings. The van der Waals surface area contributed by atoms with Gasteiger partial charge in [-0.15, -0.1) is 0 Å². The zero-order valence-corrected chi connectivity index (χ0v) is 16.2. The third-order valence-electron chi connectivity index (χ3n) is 3.77. The zero-order chi connectivity index (χ0) is 21.4. The van der Waals surface area contributed by atoms with Crippen LogP contribution in [-0.2, 0) is 14.3 Å². The van der Waals surface area contributed by atoms with Crippen LogP contribution in [0.4, 0.5) is 10.1 Å². The molecule has 0 aliphatic carbocycles. The van der Waals surface area contributed by atoms with Crippen molar-refractivity contribution in [2.45, 2.75) is 6.92 Å². The molecule has 0 aromatic heterocycles. The summed E-state index contributed by atoms with van der Waals surface area (Å²) >= 11 is 0. The Balaban J connectivity index is 2.00. The molecule has 0 atom stereocenters. The highest BCUT2D eigenvalue weighted by Gasteiger charge is 2.15. The predicted octanol–water partition coefficient (Wildman–Crippen LogP) is 3.24. The fraction of sp³-hybridized carbons (Fsp3) is 0.190. The first-order chi connectivity index (χ1) is 13.8. The minimum atomic E-state index is -0.825. The van der Waals surface area contributed by atoms with Crippen LogP contribution < -0.4 is 14.8 Å². The number of methoxy groups -OCH3 is 2. The van der Waals surface area contributed by atoms with Crippen molar-refractivity contribution in [1.29, 1.82) is 0 Å². The van der Waals surface area contributed by atoms with Crippen LogP contribution >= 0.6 is 0 Å². The van der Waals surface area contributed by atoms with Gasteiger partial charge in [0, 0.05) is 24.3 Å². The lowest BCUT2D eigenvalue weighted by Gasteiger charge is -2.09. The van der Waals surface area contributed by atoms with Crippen LogP contribution in [0.2, 0.25) is 0 Å². The summed E-state index contributed by atoms with van der Waals surface area (Å²) in [7, 11) is 2.96. The third kappa shape index (κ3) is 5.90. The number of nitrogens with one attached hydrogen (secondary N) is 1. The molecule has 7 nitrogen and oxygen atoms in total. The van der Waals surface area contributed by atoms with Gasteiger partial charge in [0.15, 0.2) is 18.1 Å². The van der Waals surface area contributed by atoms with Crippen LogP contribution in [0.25, 0.3) is 6.08 Å². The highest BCUT2D eigenvalue weighted by Crippen LogP contribution is 2.31. The molecule has 29 heavy (non-hydrogen) atoms. The van der Waals surface area contributed by atoms with Crippen molar-refractivity contribution in [3.63, 3.8) is 0 Å². The molecular weight excluding hydrogens is 381 g/mol. The second kappa shape index (κ2) is 10.0. The van der Waals surface area contributed by atoms with Gasteiger partial charge in [-0.05, 0) is 30.3 Å². The van der Waals surface area contributed by atoms with Gasteiger partial charge in [0.05, 0.1) is 19.8 Å². The third-order valence-corrected chi connectivity index (χ3v) is 3.77. The Hall–Kier alpha value is -3.68. The Labute approximate surface area is 167 Å². The lowest BCUT2D eigenvalue weighted by atomic mass is 10.1. The zero-order valence-electron chi connectivity index (χ0n) is 16.2. The molecule has 0 spiro atoms. The molecule has 0 heterocycles. The van der Waals surface area contributed by atoms with E-state index in [4.69, 9.17) is 14.2 Å². The number of esters is 1. The second-order valence-corrected chi connectivity index (χ2v) is 5.82. The molecule has 2 rings (SSSR count). The minimum absolute atomic E-state index is 0.221. The Kier molecular flexibility index (Phi) is 7.47. The Bertz CT molecular complexity index is 954. The van der Waals surface area contributed by atoms with Crippen molar-refractivity contribution >= 4 is 29.4 Å². The Morgan fingerprint density at radius 3 is 2.48 bits per heavy atom. The molecule has 0 saturated carbocycles. The molecule has 1 N–H and O–H groups in total. The van der Waals surface area contributed by atoms with E-state index in [0.717, 1.165) is 12.1 Å². The quantitative estimate of drug-likeness (QED) is 0.415. The number of para-hydroxylation sites is 1. The fourth-order valence-electron chi connectivity index (χ4n) is 2.49. The maximum atomic E-state index is 14.0. The maximum Gasteiger partial charge on any atom is 0.331 e. The number of hydrogen-bond acceptors (Lipinski definition) is 6. The van der Waals surface area contributed by atoms with Crippen LogP contribution in [-0.4, -0.2) is 38.5 Å². The van der Waals surface area contributed by atoms with Gasteiger partial charge in [0.1, 0.15) is 5.82 Å². The van der Waals surface area contributed by atoms with E-state index in [1.165, 1.54) is 39.4 Å². The number of carbonyl (C=O) groups is 3. The molecule has 0 aliphatic rings. The number of carbonyl (C=O) groups excluding carboxylic acids is 3. The highest BCUT2D eigenvalue weighted by molar-refractivity contribution is 6.00. The van der Waals surface area contributed by atoms with E-state index >= 15 is 0 Å². The van der Waals surface area contributed by atoms with Crippen LogP contribution in [0.3, 0.4) is 0 Å². The number of anilines is 1. The molecule has 0 radical (unpaired) electrons. The number of ketones is 1. The molecule has 0 aliphatic heterocycles. The van der Waals surface area contributed by atoms with Gasteiger partial charge in [-0.25, -0.2) is 9.18 Å². The van der Waals surface area contributed by atoms with Crippen LogP contribution in [0.1, 0.15) is 22.8 Å². The van der Waals surface area contributed by atoms with Crippen molar-refractivity contribution in [1.82, 2.24) is 0 Å².